The van der Waals surface area contributed by atoms with Crippen molar-refractivity contribution in [3.63, 3.8) is 0 Å². The molecule has 0 atom stereocenters. The van der Waals surface area contributed by atoms with Crippen molar-refractivity contribution in [1.29, 1.82) is 0 Å². The van der Waals surface area contributed by atoms with Gasteiger partial charge in [0.25, 0.3) is 0 Å². The van der Waals surface area contributed by atoms with Crippen LogP contribution in [0.3, 0.4) is 0 Å². The number of hydrogen-bond donors (Lipinski definition) is 1. The molecule has 0 aromatic heterocycles. The number of nitrogens with zero attached hydrogens (tertiary/aromatic N) is 2. The third-order valence-electron chi connectivity index (χ3n) is 3.77. The third-order valence-corrected chi connectivity index (χ3v) is 3.77. The van der Waals surface area contributed by atoms with E-state index < -0.39 is 0 Å². The Morgan fingerprint density at radius 3 is 2.53 bits per heavy atom. The Balaban J connectivity index is 1.98. The van der Waals surface area contributed by atoms with Crippen molar-refractivity contribution in [2.45, 2.75) is 32.2 Å². The molecule has 2 aliphatic heterocycles. The van der Waals surface area contributed by atoms with Gasteiger partial charge in [-0.2, -0.15) is 0 Å². The van der Waals surface area contributed by atoms with Crippen LogP contribution in [0.1, 0.15) is 26.7 Å². The van der Waals surface area contributed by atoms with Gasteiger partial charge in [0.2, 0.25) is 11.8 Å². The van der Waals surface area contributed by atoms with Crippen molar-refractivity contribution in [3.8, 4) is 0 Å². The second kappa shape index (κ2) is 4.29. The van der Waals surface area contributed by atoms with Crippen molar-refractivity contribution in [2.24, 2.45) is 11.7 Å². The standard InChI is InChI=1S/C12H21N3O2/c1-9(2)11(17)15-5-3-4-12(15)7-14(8-12)6-10(13)16/h9H,3-8H2,1-2H3,(H2,13,16). The van der Waals surface area contributed by atoms with Crippen molar-refractivity contribution in [2.75, 3.05) is 26.2 Å². The first kappa shape index (κ1) is 12.4. The lowest BCUT2D eigenvalue weighted by Gasteiger charge is -2.52. The van der Waals surface area contributed by atoms with Crippen molar-refractivity contribution in [1.82, 2.24) is 9.80 Å². The van der Waals surface area contributed by atoms with Gasteiger partial charge in [0.1, 0.15) is 0 Å². The van der Waals surface area contributed by atoms with Gasteiger partial charge in [0, 0.05) is 25.6 Å². The van der Waals surface area contributed by atoms with Crippen LogP contribution in [0.4, 0.5) is 0 Å². The summed E-state index contributed by atoms with van der Waals surface area (Å²) in [6, 6.07) is 0. The van der Waals surface area contributed by atoms with E-state index in [0.29, 0.717) is 6.54 Å². The maximum atomic E-state index is 12.1. The lowest BCUT2D eigenvalue weighted by Crippen LogP contribution is -2.69. The fourth-order valence-corrected chi connectivity index (χ4v) is 3.04. The van der Waals surface area contributed by atoms with E-state index in [-0.39, 0.29) is 23.3 Å². The number of nitrogens with two attached hydrogens (primary N) is 1. The van der Waals surface area contributed by atoms with Gasteiger partial charge in [0.15, 0.2) is 0 Å². The number of carbonyl (C=O) groups excluding carboxylic acids is 2. The molecular weight excluding hydrogens is 218 g/mol. The van der Waals surface area contributed by atoms with E-state index in [2.05, 4.69) is 0 Å². The van der Waals surface area contributed by atoms with Gasteiger partial charge in [0.05, 0.1) is 12.1 Å². The van der Waals surface area contributed by atoms with Crippen LogP contribution in [-0.2, 0) is 9.59 Å². The minimum absolute atomic E-state index is 0.00317. The fourth-order valence-electron chi connectivity index (χ4n) is 3.04. The number of likely N-dealkylation sites (tertiary alicyclic amines) is 2. The molecule has 2 N–H and O–H groups in total. The second-order valence-corrected chi connectivity index (χ2v) is 5.58. The number of rotatable bonds is 3. The van der Waals surface area contributed by atoms with Gasteiger partial charge in [-0.3, -0.25) is 14.5 Å². The molecule has 96 valence electrons. The monoisotopic (exact) mass is 239 g/mol. The van der Waals surface area contributed by atoms with E-state index in [9.17, 15) is 9.59 Å². The summed E-state index contributed by atoms with van der Waals surface area (Å²) in [7, 11) is 0. The summed E-state index contributed by atoms with van der Waals surface area (Å²) in [5, 5.41) is 0. The first-order valence-corrected chi connectivity index (χ1v) is 6.27. The Bertz CT molecular complexity index is 335. The average Bonchev–Trinajstić information content (AvgIpc) is 2.59. The lowest BCUT2D eigenvalue weighted by molar-refractivity contribution is -0.146. The maximum absolute atomic E-state index is 12.1. The van der Waals surface area contributed by atoms with E-state index in [1.165, 1.54) is 0 Å². The van der Waals surface area contributed by atoms with Crippen LogP contribution in [0, 0.1) is 5.92 Å². The normalized spacial score (nSPS) is 23.1. The summed E-state index contributed by atoms with van der Waals surface area (Å²) in [6.07, 6.45) is 2.13. The molecule has 1 spiro atoms. The zero-order chi connectivity index (χ0) is 12.6. The Labute approximate surface area is 102 Å². The van der Waals surface area contributed by atoms with Gasteiger partial charge in [-0.25, -0.2) is 0 Å². The second-order valence-electron chi connectivity index (χ2n) is 5.58. The quantitative estimate of drug-likeness (QED) is 0.742. The fraction of sp³-hybridized carbons (Fsp3) is 0.833. The summed E-state index contributed by atoms with van der Waals surface area (Å²) in [6.45, 7) is 6.65. The van der Waals surface area contributed by atoms with Crippen LogP contribution in [0.25, 0.3) is 0 Å². The predicted molar refractivity (Wildman–Crippen MR) is 64.2 cm³/mol. The molecule has 0 aromatic rings. The summed E-state index contributed by atoms with van der Waals surface area (Å²) >= 11 is 0. The van der Waals surface area contributed by atoms with Crippen LogP contribution < -0.4 is 5.73 Å². The molecule has 5 heteroatoms. The third kappa shape index (κ3) is 2.16. The molecule has 2 fully saturated rings. The Morgan fingerprint density at radius 2 is 2.00 bits per heavy atom. The Morgan fingerprint density at radius 1 is 1.35 bits per heavy atom. The van der Waals surface area contributed by atoms with E-state index in [4.69, 9.17) is 5.73 Å². The molecule has 2 aliphatic rings. The zero-order valence-corrected chi connectivity index (χ0v) is 10.6. The average molecular weight is 239 g/mol. The molecule has 0 bridgehead atoms. The number of hydrogen-bond acceptors (Lipinski definition) is 3. The maximum Gasteiger partial charge on any atom is 0.231 e. The van der Waals surface area contributed by atoms with Gasteiger partial charge in [-0.1, -0.05) is 13.8 Å². The molecule has 2 rings (SSSR count). The Kier molecular flexibility index (Phi) is 3.12. The first-order valence-electron chi connectivity index (χ1n) is 6.27. The highest BCUT2D eigenvalue weighted by molar-refractivity contribution is 5.80. The molecule has 0 aliphatic carbocycles. The zero-order valence-electron chi connectivity index (χ0n) is 10.6. The predicted octanol–water partition coefficient (Wildman–Crippen LogP) is -0.195. The minimum Gasteiger partial charge on any atom is -0.369 e. The number of amides is 2. The van der Waals surface area contributed by atoms with E-state index >= 15 is 0 Å². The van der Waals surface area contributed by atoms with Gasteiger partial charge in [-0.05, 0) is 12.8 Å². The summed E-state index contributed by atoms with van der Waals surface area (Å²) in [5.74, 6) is -0.00373. The molecule has 0 radical (unpaired) electrons. The number of primary amides is 1. The smallest absolute Gasteiger partial charge is 0.231 e. The molecule has 0 saturated carbocycles. The molecule has 0 aromatic carbocycles. The van der Waals surface area contributed by atoms with Crippen LogP contribution in [-0.4, -0.2) is 53.3 Å². The van der Waals surface area contributed by atoms with Crippen LogP contribution >= 0.6 is 0 Å². The molecule has 2 amide bonds. The van der Waals surface area contributed by atoms with Gasteiger partial charge >= 0.3 is 0 Å². The summed E-state index contributed by atoms with van der Waals surface area (Å²) in [5.41, 5.74) is 5.17. The van der Waals surface area contributed by atoms with Gasteiger partial charge in [-0.15, -0.1) is 0 Å². The SMILES string of the molecule is CC(C)C(=O)N1CCCC12CN(CC(N)=O)C2. The Hall–Kier alpha value is -1.10. The van der Waals surface area contributed by atoms with Crippen molar-refractivity contribution in [3.05, 3.63) is 0 Å². The van der Waals surface area contributed by atoms with Crippen LogP contribution in [0.5, 0.6) is 0 Å². The van der Waals surface area contributed by atoms with E-state index in [0.717, 1.165) is 32.5 Å². The number of carbonyl (C=O) groups is 2. The highest BCUT2D eigenvalue weighted by Crippen LogP contribution is 2.38. The van der Waals surface area contributed by atoms with Crippen molar-refractivity contribution < 1.29 is 9.59 Å². The molecular formula is C12H21N3O2. The molecule has 17 heavy (non-hydrogen) atoms. The van der Waals surface area contributed by atoms with Crippen LogP contribution in [0.2, 0.25) is 0 Å². The molecule has 0 unspecified atom stereocenters. The van der Waals surface area contributed by atoms with E-state index in [1.54, 1.807) is 0 Å². The van der Waals surface area contributed by atoms with Crippen molar-refractivity contribution >= 4 is 11.8 Å². The first-order chi connectivity index (χ1) is 7.94. The van der Waals surface area contributed by atoms with E-state index in [1.807, 2.05) is 23.6 Å². The topological polar surface area (TPSA) is 66.6 Å². The molecule has 2 heterocycles. The highest BCUT2D eigenvalue weighted by Gasteiger charge is 2.52. The largest absolute Gasteiger partial charge is 0.369 e. The molecule has 2 saturated heterocycles. The lowest BCUT2D eigenvalue weighted by atomic mass is 9.86. The summed E-state index contributed by atoms with van der Waals surface area (Å²) < 4.78 is 0. The highest BCUT2D eigenvalue weighted by atomic mass is 16.2. The van der Waals surface area contributed by atoms with Gasteiger partial charge < -0.3 is 10.6 Å². The minimum atomic E-state index is -0.292. The molecule has 5 nitrogen and oxygen atoms in total. The summed E-state index contributed by atoms with van der Waals surface area (Å²) in [4.78, 5) is 27.0. The van der Waals surface area contributed by atoms with Crippen LogP contribution in [0.15, 0.2) is 0 Å².